The van der Waals surface area contributed by atoms with Crippen LogP contribution in [0.5, 0.6) is 0 Å². The molecule has 0 unspecified atom stereocenters. The summed E-state index contributed by atoms with van der Waals surface area (Å²) in [5, 5.41) is 0. The van der Waals surface area contributed by atoms with E-state index in [9.17, 15) is 13.6 Å². The third-order valence-corrected chi connectivity index (χ3v) is 2.88. The van der Waals surface area contributed by atoms with Crippen LogP contribution in [0, 0.1) is 5.41 Å². The van der Waals surface area contributed by atoms with Crippen molar-refractivity contribution >= 4 is 21.7 Å². The fourth-order valence-electron chi connectivity index (χ4n) is 1.44. The van der Waals surface area contributed by atoms with Crippen LogP contribution in [-0.2, 0) is 9.53 Å². The number of rotatable bonds is 2. The van der Waals surface area contributed by atoms with E-state index in [2.05, 4.69) is 20.7 Å². The third kappa shape index (κ3) is 2.77. The molecule has 0 atom stereocenters. The third-order valence-electron chi connectivity index (χ3n) is 2.00. The Morgan fingerprint density at radius 3 is 2.50 bits per heavy atom. The molecule has 1 rings (SSSR count). The first kappa shape index (κ1) is 11.6. The minimum atomic E-state index is -2.88. The topological polar surface area (TPSA) is 26.3 Å². The second-order valence-corrected chi connectivity index (χ2v) is 4.85. The molecule has 0 aromatic heterocycles. The number of alkyl halides is 2. The number of carbonyl (C=O) groups is 1. The van der Waals surface area contributed by atoms with Crippen LogP contribution in [0.15, 0.2) is 10.2 Å². The average molecular weight is 269 g/mol. The van der Waals surface area contributed by atoms with Crippen molar-refractivity contribution in [2.24, 2.45) is 5.41 Å². The van der Waals surface area contributed by atoms with Crippen molar-refractivity contribution in [3.63, 3.8) is 0 Å². The monoisotopic (exact) mass is 268 g/mol. The van der Waals surface area contributed by atoms with Gasteiger partial charge in [0.2, 0.25) is 0 Å². The Labute approximate surface area is 89.4 Å². The van der Waals surface area contributed by atoms with Crippen LogP contribution >= 0.6 is 15.9 Å². The second kappa shape index (κ2) is 3.96. The first-order chi connectivity index (χ1) is 6.32. The highest BCUT2D eigenvalue weighted by Crippen LogP contribution is 2.39. The molecule has 14 heavy (non-hydrogen) atoms. The van der Waals surface area contributed by atoms with E-state index in [-0.39, 0.29) is 21.4 Å². The van der Waals surface area contributed by atoms with Crippen molar-refractivity contribution in [2.45, 2.75) is 33.3 Å². The summed E-state index contributed by atoms with van der Waals surface area (Å²) >= 11 is 2.97. The number of Topliss-reactive ketones (excluding diaryl/α,β-unsaturated/α-hetero) is 1. The van der Waals surface area contributed by atoms with Crippen molar-refractivity contribution in [1.29, 1.82) is 0 Å². The molecule has 0 saturated carbocycles. The Morgan fingerprint density at radius 1 is 1.43 bits per heavy atom. The second-order valence-electron chi connectivity index (χ2n) is 4.06. The van der Waals surface area contributed by atoms with E-state index in [0.717, 1.165) is 0 Å². The van der Waals surface area contributed by atoms with Crippen LogP contribution in [0.1, 0.15) is 26.7 Å². The van der Waals surface area contributed by atoms with Gasteiger partial charge in [0.05, 0.1) is 4.48 Å². The summed E-state index contributed by atoms with van der Waals surface area (Å²) in [4.78, 5) is 11.4. The van der Waals surface area contributed by atoms with E-state index in [0.29, 0.717) is 12.8 Å². The normalized spacial score (nSPS) is 21.7. The van der Waals surface area contributed by atoms with Crippen molar-refractivity contribution in [1.82, 2.24) is 0 Å². The standard InChI is InChI=1S/C9H11BrF2O2/c1-9(2)3-5(13)7(10)6(4-9)14-8(11)12/h8H,3-4H2,1-2H3. The lowest BCUT2D eigenvalue weighted by atomic mass is 9.79. The molecule has 1 aliphatic carbocycles. The Morgan fingerprint density at radius 2 is 2.00 bits per heavy atom. The molecular weight excluding hydrogens is 258 g/mol. The summed E-state index contributed by atoms with van der Waals surface area (Å²) in [5.41, 5.74) is -0.307. The van der Waals surface area contributed by atoms with Gasteiger partial charge >= 0.3 is 6.61 Å². The maximum absolute atomic E-state index is 12.0. The molecule has 0 heterocycles. The minimum Gasteiger partial charge on any atom is -0.438 e. The summed E-state index contributed by atoms with van der Waals surface area (Å²) in [6.07, 6.45) is 0.702. The molecule has 2 nitrogen and oxygen atoms in total. The molecule has 0 N–H and O–H groups in total. The molecule has 0 spiro atoms. The fourth-order valence-corrected chi connectivity index (χ4v) is 1.82. The number of halogens is 3. The molecular formula is C9H11BrF2O2. The molecule has 0 bridgehead atoms. The largest absolute Gasteiger partial charge is 0.438 e. The van der Waals surface area contributed by atoms with Gasteiger partial charge in [-0.25, -0.2) is 0 Å². The highest BCUT2D eigenvalue weighted by atomic mass is 79.9. The van der Waals surface area contributed by atoms with Crippen molar-refractivity contribution in [3.8, 4) is 0 Å². The number of allylic oxidation sites excluding steroid dienone is 2. The average Bonchev–Trinajstić information content (AvgIpc) is 1.97. The van der Waals surface area contributed by atoms with Gasteiger partial charge in [-0.2, -0.15) is 8.78 Å². The number of ketones is 1. The quantitative estimate of drug-likeness (QED) is 0.769. The Kier molecular flexibility index (Phi) is 3.29. The lowest BCUT2D eigenvalue weighted by Crippen LogP contribution is -2.25. The highest BCUT2D eigenvalue weighted by Gasteiger charge is 2.33. The molecule has 80 valence electrons. The van der Waals surface area contributed by atoms with Gasteiger partial charge in [0.25, 0.3) is 0 Å². The maximum Gasteiger partial charge on any atom is 0.387 e. The molecule has 0 fully saturated rings. The Balaban J connectivity index is 2.89. The number of ether oxygens (including phenoxy) is 1. The van der Waals surface area contributed by atoms with E-state index in [4.69, 9.17) is 0 Å². The lowest BCUT2D eigenvalue weighted by Gasteiger charge is -2.29. The predicted molar refractivity (Wildman–Crippen MR) is 51.1 cm³/mol. The smallest absolute Gasteiger partial charge is 0.387 e. The van der Waals surface area contributed by atoms with Gasteiger partial charge in [0.1, 0.15) is 5.76 Å². The van der Waals surface area contributed by atoms with Crippen LogP contribution < -0.4 is 0 Å². The number of hydrogen-bond acceptors (Lipinski definition) is 2. The van der Waals surface area contributed by atoms with Crippen molar-refractivity contribution in [2.75, 3.05) is 0 Å². The molecule has 0 aromatic carbocycles. The van der Waals surface area contributed by atoms with Gasteiger partial charge < -0.3 is 4.74 Å². The molecule has 0 saturated heterocycles. The van der Waals surface area contributed by atoms with Crippen molar-refractivity contribution in [3.05, 3.63) is 10.2 Å². The zero-order chi connectivity index (χ0) is 10.9. The van der Waals surface area contributed by atoms with Crippen LogP contribution in [0.3, 0.4) is 0 Å². The summed E-state index contributed by atoms with van der Waals surface area (Å²) in [6, 6.07) is 0. The number of hydrogen-bond donors (Lipinski definition) is 0. The minimum absolute atomic E-state index is 0.0567. The van der Waals surface area contributed by atoms with Gasteiger partial charge in [-0.15, -0.1) is 0 Å². The molecule has 5 heteroatoms. The maximum atomic E-state index is 12.0. The van der Waals surface area contributed by atoms with Gasteiger partial charge in [-0.3, -0.25) is 4.79 Å². The van der Waals surface area contributed by atoms with Gasteiger partial charge in [0.15, 0.2) is 5.78 Å². The van der Waals surface area contributed by atoms with E-state index in [1.54, 1.807) is 0 Å². The van der Waals surface area contributed by atoms with Crippen LogP contribution in [0.25, 0.3) is 0 Å². The molecule has 0 radical (unpaired) electrons. The zero-order valence-electron chi connectivity index (χ0n) is 7.94. The molecule has 0 amide bonds. The first-order valence-corrected chi connectivity index (χ1v) is 4.98. The van der Waals surface area contributed by atoms with Gasteiger partial charge in [0, 0.05) is 12.8 Å². The summed E-state index contributed by atoms with van der Waals surface area (Å²) in [5.74, 6) is -0.127. The predicted octanol–water partition coefficient (Wildman–Crippen LogP) is 3.22. The van der Waals surface area contributed by atoms with E-state index in [1.807, 2.05) is 13.8 Å². The van der Waals surface area contributed by atoms with Crippen LogP contribution in [-0.4, -0.2) is 12.4 Å². The summed E-state index contributed by atoms with van der Waals surface area (Å²) in [7, 11) is 0. The zero-order valence-corrected chi connectivity index (χ0v) is 9.53. The fraction of sp³-hybridized carbons (Fsp3) is 0.667. The van der Waals surface area contributed by atoms with Gasteiger partial charge in [-0.1, -0.05) is 13.8 Å². The van der Waals surface area contributed by atoms with E-state index in [1.165, 1.54) is 0 Å². The Bertz CT molecular complexity index is 285. The van der Waals surface area contributed by atoms with E-state index >= 15 is 0 Å². The van der Waals surface area contributed by atoms with E-state index < -0.39 is 6.61 Å². The van der Waals surface area contributed by atoms with Crippen molar-refractivity contribution < 1.29 is 18.3 Å². The molecule has 1 aliphatic rings. The summed E-state index contributed by atoms with van der Waals surface area (Å²) < 4.78 is 28.4. The van der Waals surface area contributed by atoms with Crippen LogP contribution in [0.4, 0.5) is 8.78 Å². The molecule has 0 aliphatic heterocycles. The lowest BCUT2D eigenvalue weighted by molar-refractivity contribution is -0.122. The SMILES string of the molecule is CC1(C)CC(=O)C(Br)=C(OC(F)F)C1. The highest BCUT2D eigenvalue weighted by molar-refractivity contribution is 9.12. The van der Waals surface area contributed by atoms with Crippen LogP contribution in [0.2, 0.25) is 0 Å². The Hall–Kier alpha value is -0.450. The van der Waals surface area contributed by atoms with Gasteiger partial charge in [-0.05, 0) is 21.3 Å². The summed E-state index contributed by atoms with van der Waals surface area (Å²) in [6.45, 7) is 0.817. The molecule has 0 aromatic rings. The number of carbonyl (C=O) groups excluding carboxylic acids is 1. The first-order valence-electron chi connectivity index (χ1n) is 4.18.